The van der Waals surface area contributed by atoms with Gasteiger partial charge in [-0.15, -0.1) is 0 Å². The highest BCUT2D eigenvalue weighted by Gasteiger charge is 2.40. The number of hydrogen-bond acceptors (Lipinski definition) is 5. The van der Waals surface area contributed by atoms with E-state index in [1.54, 1.807) is 43.5 Å². The van der Waals surface area contributed by atoms with Crippen molar-refractivity contribution < 1.29 is 19.1 Å². The van der Waals surface area contributed by atoms with Crippen molar-refractivity contribution >= 4 is 40.9 Å². The molecule has 1 saturated heterocycles. The summed E-state index contributed by atoms with van der Waals surface area (Å²) in [6.07, 6.45) is 3.01. The molecule has 0 radical (unpaired) electrons. The summed E-state index contributed by atoms with van der Waals surface area (Å²) in [6, 6.07) is 14.5. The fraction of sp³-hybridized carbons (Fsp3) is 0.320. The predicted octanol–water partition coefficient (Wildman–Crippen LogP) is 4.83. The molecule has 2 amide bonds. The van der Waals surface area contributed by atoms with E-state index < -0.39 is 11.8 Å². The van der Waals surface area contributed by atoms with Crippen molar-refractivity contribution in [3.05, 3.63) is 59.7 Å². The maximum atomic E-state index is 13.5. The van der Waals surface area contributed by atoms with Crippen molar-refractivity contribution in [2.24, 2.45) is 0 Å². The monoisotopic (exact) mass is 452 g/mol. The lowest BCUT2D eigenvalue weighted by Gasteiger charge is -2.36. The Bertz CT molecular complexity index is 1040. The number of carbonyl (C=O) groups excluding carboxylic acids is 2. The number of rotatable bonds is 8. The molecule has 3 rings (SSSR count). The molecule has 1 aliphatic rings. The van der Waals surface area contributed by atoms with Crippen LogP contribution in [0.1, 0.15) is 39.2 Å². The first-order chi connectivity index (χ1) is 15.4. The van der Waals surface area contributed by atoms with Crippen LogP contribution in [-0.2, 0) is 9.59 Å². The molecular weight excluding hydrogens is 424 g/mol. The summed E-state index contributed by atoms with van der Waals surface area (Å²) in [5.74, 6) is 0.164. The van der Waals surface area contributed by atoms with E-state index >= 15 is 0 Å². The maximum absolute atomic E-state index is 13.5. The Kier molecular flexibility index (Phi) is 7.64. The molecule has 0 N–H and O–H groups in total. The molecule has 2 aromatic carbocycles. The van der Waals surface area contributed by atoms with E-state index in [9.17, 15) is 9.59 Å². The Labute approximate surface area is 194 Å². The maximum Gasteiger partial charge on any atom is 0.270 e. The second kappa shape index (κ2) is 10.4. The minimum atomic E-state index is -0.462. The van der Waals surface area contributed by atoms with Crippen molar-refractivity contribution in [1.82, 2.24) is 4.90 Å². The predicted molar refractivity (Wildman–Crippen MR) is 130 cm³/mol. The molecule has 0 aliphatic carbocycles. The first kappa shape index (κ1) is 23.5. The van der Waals surface area contributed by atoms with Crippen molar-refractivity contribution in [3.63, 3.8) is 0 Å². The molecule has 0 spiro atoms. The fourth-order valence-corrected chi connectivity index (χ4v) is 3.74. The number of methoxy groups -OCH3 is 1. The molecule has 1 atom stereocenters. The minimum absolute atomic E-state index is 0.0261. The summed E-state index contributed by atoms with van der Waals surface area (Å²) in [5.41, 5.74) is 1.24. The molecule has 0 bridgehead atoms. The smallest absolute Gasteiger partial charge is 0.270 e. The number of carbonyl (C=O) groups is 2. The molecule has 1 heterocycles. The quantitative estimate of drug-likeness (QED) is 0.326. The van der Waals surface area contributed by atoms with Crippen LogP contribution in [0.4, 0.5) is 5.69 Å². The Hall–Kier alpha value is -3.19. The number of anilines is 1. The van der Waals surface area contributed by atoms with Gasteiger partial charge in [0.1, 0.15) is 5.57 Å². The van der Waals surface area contributed by atoms with Crippen LogP contribution in [-0.4, -0.2) is 41.6 Å². The van der Waals surface area contributed by atoms with Crippen LogP contribution in [0.15, 0.2) is 54.1 Å². The third-order valence-electron chi connectivity index (χ3n) is 5.22. The summed E-state index contributed by atoms with van der Waals surface area (Å²) in [5, 5.41) is 0.187. The molecule has 6 nitrogen and oxygen atoms in total. The first-order valence-corrected chi connectivity index (χ1v) is 11.1. The number of benzene rings is 2. The van der Waals surface area contributed by atoms with Crippen LogP contribution in [0, 0.1) is 0 Å². The molecular formula is C25H28N2O4S. The van der Waals surface area contributed by atoms with Crippen LogP contribution in [0.25, 0.3) is 6.08 Å². The zero-order chi connectivity index (χ0) is 23.3. The average molecular weight is 453 g/mol. The lowest BCUT2D eigenvalue weighted by molar-refractivity contribution is -0.127. The molecule has 168 valence electrons. The van der Waals surface area contributed by atoms with Crippen molar-refractivity contribution in [3.8, 4) is 11.5 Å². The standard InChI is InChI=1S/C25H28N2O4S/c1-5-15-26-23(28)20(24(29)27(25(26)32)19-12-8-7-9-13-19)16-18-11-10-14-21(30-4)22(18)31-17(3)6-2/h7-14,16-17H,5-6,15H2,1-4H3/b20-16+/t17-/m1/s1. The van der Waals surface area contributed by atoms with Gasteiger partial charge in [0.15, 0.2) is 16.6 Å². The number of thiocarbonyl (C=S) groups is 1. The summed E-state index contributed by atoms with van der Waals surface area (Å²) < 4.78 is 11.6. The van der Waals surface area contributed by atoms with Crippen molar-refractivity contribution in [2.75, 3.05) is 18.6 Å². The Morgan fingerprint density at radius 2 is 1.75 bits per heavy atom. The molecule has 0 unspecified atom stereocenters. The molecule has 1 aliphatic heterocycles. The van der Waals surface area contributed by atoms with Crippen LogP contribution >= 0.6 is 12.2 Å². The number of para-hydroxylation sites is 2. The van der Waals surface area contributed by atoms with Gasteiger partial charge in [-0.1, -0.05) is 44.2 Å². The molecule has 1 fully saturated rings. The first-order valence-electron chi connectivity index (χ1n) is 10.7. The van der Waals surface area contributed by atoms with E-state index in [0.29, 0.717) is 35.7 Å². The van der Waals surface area contributed by atoms with Gasteiger partial charge < -0.3 is 9.47 Å². The largest absolute Gasteiger partial charge is 0.493 e. The van der Waals surface area contributed by atoms with Gasteiger partial charge in [0, 0.05) is 12.1 Å². The van der Waals surface area contributed by atoms with Crippen LogP contribution in [0.3, 0.4) is 0 Å². The van der Waals surface area contributed by atoms with Gasteiger partial charge in [-0.3, -0.25) is 19.4 Å². The third kappa shape index (κ3) is 4.67. The van der Waals surface area contributed by atoms with Gasteiger partial charge in [-0.2, -0.15) is 0 Å². The van der Waals surface area contributed by atoms with Gasteiger partial charge in [-0.05, 0) is 56.3 Å². The highest BCUT2D eigenvalue weighted by molar-refractivity contribution is 7.80. The van der Waals surface area contributed by atoms with Crippen molar-refractivity contribution in [2.45, 2.75) is 39.7 Å². The van der Waals surface area contributed by atoms with Gasteiger partial charge in [0.2, 0.25) is 0 Å². The van der Waals surface area contributed by atoms with Crippen LogP contribution in [0.2, 0.25) is 0 Å². The Morgan fingerprint density at radius 1 is 1.03 bits per heavy atom. The number of hydrogen-bond donors (Lipinski definition) is 0. The second-order valence-corrected chi connectivity index (χ2v) is 7.85. The summed E-state index contributed by atoms with van der Waals surface area (Å²) in [7, 11) is 1.56. The molecule has 0 saturated carbocycles. The fourth-order valence-electron chi connectivity index (χ4n) is 3.37. The molecule has 0 aromatic heterocycles. The molecule has 7 heteroatoms. The van der Waals surface area contributed by atoms with Gasteiger partial charge >= 0.3 is 0 Å². The van der Waals surface area contributed by atoms with E-state index in [1.807, 2.05) is 39.0 Å². The SMILES string of the molecule is CCCN1C(=O)/C(=C\c2cccc(OC)c2O[C@H](C)CC)C(=O)N(c2ccccc2)C1=S. The van der Waals surface area contributed by atoms with E-state index in [0.717, 1.165) is 6.42 Å². The lowest BCUT2D eigenvalue weighted by Crippen LogP contribution is -2.56. The summed E-state index contributed by atoms with van der Waals surface area (Å²) >= 11 is 5.54. The highest BCUT2D eigenvalue weighted by Crippen LogP contribution is 2.35. The van der Waals surface area contributed by atoms with E-state index in [2.05, 4.69) is 0 Å². The van der Waals surface area contributed by atoms with Crippen molar-refractivity contribution in [1.29, 1.82) is 0 Å². The van der Waals surface area contributed by atoms with Crippen LogP contribution < -0.4 is 14.4 Å². The van der Waals surface area contributed by atoms with Crippen LogP contribution in [0.5, 0.6) is 11.5 Å². The second-order valence-electron chi connectivity index (χ2n) is 7.49. The van der Waals surface area contributed by atoms with E-state index in [-0.39, 0.29) is 16.8 Å². The number of nitrogens with zero attached hydrogens (tertiary/aromatic N) is 2. The Balaban J connectivity index is 2.14. The average Bonchev–Trinajstić information content (AvgIpc) is 2.81. The third-order valence-corrected chi connectivity index (χ3v) is 5.62. The topological polar surface area (TPSA) is 59.1 Å². The summed E-state index contributed by atoms with van der Waals surface area (Å²) in [4.78, 5) is 29.7. The molecule has 2 aromatic rings. The van der Waals surface area contributed by atoms with E-state index in [1.165, 1.54) is 9.80 Å². The highest BCUT2D eigenvalue weighted by atomic mass is 32.1. The summed E-state index contributed by atoms with van der Waals surface area (Å²) in [6.45, 7) is 6.36. The van der Waals surface area contributed by atoms with E-state index in [4.69, 9.17) is 21.7 Å². The lowest BCUT2D eigenvalue weighted by atomic mass is 10.0. The number of amides is 2. The zero-order valence-corrected chi connectivity index (χ0v) is 19.6. The minimum Gasteiger partial charge on any atom is -0.493 e. The number of ether oxygens (including phenoxy) is 2. The Morgan fingerprint density at radius 3 is 2.38 bits per heavy atom. The normalized spacial score (nSPS) is 16.5. The van der Waals surface area contributed by atoms with Gasteiger partial charge in [-0.25, -0.2) is 0 Å². The molecule has 32 heavy (non-hydrogen) atoms. The zero-order valence-electron chi connectivity index (χ0n) is 18.8. The van der Waals surface area contributed by atoms with Gasteiger partial charge in [0.05, 0.1) is 18.9 Å². The van der Waals surface area contributed by atoms with Gasteiger partial charge in [0.25, 0.3) is 11.8 Å².